The summed E-state index contributed by atoms with van der Waals surface area (Å²) in [6.07, 6.45) is 5.58. The third-order valence-electron chi connectivity index (χ3n) is 2.38. The third kappa shape index (κ3) is 5.39. The molecule has 0 aliphatic rings. The maximum Gasteiger partial charge on any atom is 0.118 e. The zero-order valence-electron chi connectivity index (χ0n) is 10.1. The first-order valence-electron chi connectivity index (χ1n) is 5.58. The van der Waals surface area contributed by atoms with E-state index in [0.29, 0.717) is 26.1 Å². The van der Waals surface area contributed by atoms with Crippen LogP contribution in [-0.4, -0.2) is 24.9 Å². The van der Waals surface area contributed by atoms with E-state index >= 15 is 0 Å². The van der Waals surface area contributed by atoms with Crippen LogP contribution in [0.25, 0.3) is 0 Å². The molecule has 3 nitrogen and oxygen atoms in total. The fourth-order valence-corrected chi connectivity index (χ4v) is 1.37. The van der Waals surface area contributed by atoms with Gasteiger partial charge in [0.05, 0.1) is 19.8 Å². The third-order valence-corrected chi connectivity index (χ3v) is 2.38. The van der Waals surface area contributed by atoms with E-state index in [9.17, 15) is 5.11 Å². The highest BCUT2D eigenvalue weighted by Crippen LogP contribution is 2.12. The molecule has 0 fully saturated rings. The molecule has 0 saturated carbocycles. The second-order valence-electron chi connectivity index (χ2n) is 3.75. The van der Waals surface area contributed by atoms with Crippen molar-refractivity contribution in [2.24, 2.45) is 0 Å². The molecule has 1 aromatic rings. The Kier molecular flexibility index (Phi) is 6.16. The van der Waals surface area contributed by atoms with Crippen molar-refractivity contribution in [2.75, 3.05) is 13.7 Å². The van der Waals surface area contributed by atoms with Gasteiger partial charge in [-0.05, 0) is 24.1 Å². The monoisotopic (exact) mass is 234 g/mol. The quantitative estimate of drug-likeness (QED) is 0.579. The minimum atomic E-state index is -0.462. The SMILES string of the molecule is C#CC[C@@H](O)CCOCc1ccc(OC)cc1. The summed E-state index contributed by atoms with van der Waals surface area (Å²) in [5.74, 6) is 3.25. The predicted octanol–water partition coefficient (Wildman–Crippen LogP) is 1.99. The highest BCUT2D eigenvalue weighted by Gasteiger charge is 2.01. The minimum absolute atomic E-state index is 0.381. The summed E-state index contributed by atoms with van der Waals surface area (Å²) in [6, 6.07) is 7.70. The lowest BCUT2D eigenvalue weighted by atomic mass is 10.2. The van der Waals surface area contributed by atoms with Gasteiger partial charge < -0.3 is 14.6 Å². The van der Waals surface area contributed by atoms with Crippen LogP contribution in [0.15, 0.2) is 24.3 Å². The first-order valence-corrected chi connectivity index (χ1v) is 5.58. The zero-order chi connectivity index (χ0) is 12.5. The number of methoxy groups -OCH3 is 1. The summed E-state index contributed by atoms with van der Waals surface area (Å²) in [6.45, 7) is 1.04. The van der Waals surface area contributed by atoms with Gasteiger partial charge in [0.2, 0.25) is 0 Å². The standard InChI is InChI=1S/C14H18O3/c1-3-4-13(15)9-10-17-11-12-5-7-14(16-2)8-6-12/h1,5-8,13,15H,4,9-11H2,2H3/t13-/m1/s1. The Balaban J connectivity index is 2.20. The van der Waals surface area contributed by atoms with Crippen molar-refractivity contribution in [1.82, 2.24) is 0 Å². The molecule has 0 amide bonds. The predicted molar refractivity (Wildman–Crippen MR) is 66.7 cm³/mol. The van der Waals surface area contributed by atoms with Gasteiger partial charge >= 0.3 is 0 Å². The fourth-order valence-electron chi connectivity index (χ4n) is 1.37. The molecule has 0 aromatic heterocycles. The number of aliphatic hydroxyl groups excluding tert-OH is 1. The van der Waals surface area contributed by atoms with E-state index in [0.717, 1.165) is 11.3 Å². The first kappa shape index (κ1) is 13.6. The van der Waals surface area contributed by atoms with E-state index in [4.69, 9.17) is 15.9 Å². The van der Waals surface area contributed by atoms with E-state index in [1.165, 1.54) is 0 Å². The van der Waals surface area contributed by atoms with Crippen molar-refractivity contribution in [3.05, 3.63) is 29.8 Å². The maximum atomic E-state index is 9.38. The number of rotatable bonds is 7. The van der Waals surface area contributed by atoms with Crippen LogP contribution >= 0.6 is 0 Å². The molecular formula is C14H18O3. The van der Waals surface area contributed by atoms with Gasteiger partial charge in [0.25, 0.3) is 0 Å². The van der Waals surface area contributed by atoms with Crippen molar-refractivity contribution in [3.8, 4) is 18.1 Å². The molecule has 0 aliphatic carbocycles. The molecular weight excluding hydrogens is 216 g/mol. The number of ether oxygens (including phenoxy) is 2. The van der Waals surface area contributed by atoms with E-state index in [1.807, 2.05) is 24.3 Å². The molecule has 1 atom stereocenters. The summed E-state index contributed by atoms with van der Waals surface area (Å²) in [4.78, 5) is 0. The van der Waals surface area contributed by atoms with Crippen LogP contribution in [0.2, 0.25) is 0 Å². The molecule has 0 aliphatic heterocycles. The summed E-state index contributed by atoms with van der Waals surface area (Å²) in [5.41, 5.74) is 1.08. The second-order valence-corrected chi connectivity index (χ2v) is 3.75. The van der Waals surface area contributed by atoms with E-state index in [-0.39, 0.29) is 0 Å². The fraction of sp³-hybridized carbons (Fsp3) is 0.429. The van der Waals surface area contributed by atoms with Crippen LogP contribution in [0.5, 0.6) is 5.75 Å². The summed E-state index contributed by atoms with van der Waals surface area (Å²) < 4.78 is 10.5. The Labute approximate surface area is 102 Å². The van der Waals surface area contributed by atoms with Gasteiger partial charge in [-0.25, -0.2) is 0 Å². The molecule has 0 unspecified atom stereocenters. The highest BCUT2D eigenvalue weighted by molar-refractivity contribution is 5.26. The lowest BCUT2D eigenvalue weighted by molar-refractivity contribution is 0.0753. The van der Waals surface area contributed by atoms with Crippen LogP contribution in [0.1, 0.15) is 18.4 Å². The molecule has 17 heavy (non-hydrogen) atoms. The molecule has 0 saturated heterocycles. The Morgan fingerprint density at radius 3 is 2.65 bits per heavy atom. The van der Waals surface area contributed by atoms with E-state index < -0.39 is 6.10 Å². The Bertz CT molecular complexity index is 351. The van der Waals surface area contributed by atoms with Gasteiger partial charge in [-0.3, -0.25) is 0 Å². The summed E-state index contributed by atoms with van der Waals surface area (Å²) in [7, 11) is 1.64. The van der Waals surface area contributed by atoms with E-state index in [1.54, 1.807) is 7.11 Å². The number of hydrogen-bond acceptors (Lipinski definition) is 3. The number of hydrogen-bond donors (Lipinski definition) is 1. The molecule has 92 valence electrons. The minimum Gasteiger partial charge on any atom is -0.497 e. The van der Waals surface area contributed by atoms with Gasteiger partial charge in [-0.2, -0.15) is 0 Å². The van der Waals surface area contributed by atoms with Crippen molar-refractivity contribution >= 4 is 0 Å². The molecule has 0 radical (unpaired) electrons. The van der Waals surface area contributed by atoms with Gasteiger partial charge in [0, 0.05) is 13.0 Å². The zero-order valence-corrected chi connectivity index (χ0v) is 10.1. The molecule has 1 rings (SSSR count). The molecule has 3 heteroatoms. The summed E-state index contributed by atoms with van der Waals surface area (Å²) in [5, 5.41) is 9.38. The lowest BCUT2D eigenvalue weighted by Gasteiger charge is -2.08. The van der Waals surface area contributed by atoms with Crippen LogP contribution in [0, 0.1) is 12.3 Å². The van der Waals surface area contributed by atoms with Crippen LogP contribution in [0.4, 0.5) is 0 Å². The summed E-state index contributed by atoms with van der Waals surface area (Å²) >= 11 is 0. The van der Waals surface area contributed by atoms with Crippen LogP contribution in [-0.2, 0) is 11.3 Å². The highest BCUT2D eigenvalue weighted by atomic mass is 16.5. The van der Waals surface area contributed by atoms with Crippen molar-refractivity contribution in [3.63, 3.8) is 0 Å². The van der Waals surface area contributed by atoms with Gasteiger partial charge in [0.1, 0.15) is 5.75 Å². The van der Waals surface area contributed by atoms with Crippen LogP contribution < -0.4 is 4.74 Å². The average molecular weight is 234 g/mol. The maximum absolute atomic E-state index is 9.38. The lowest BCUT2D eigenvalue weighted by Crippen LogP contribution is -2.09. The Hall–Kier alpha value is -1.50. The van der Waals surface area contributed by atoms with Gasteiger partial charge in [0.15, 0.2) is 0 Å². The van der Waals surface area contributed by atoms with Crippen molar-refractivity contribution in [2.45, 2.75) is 25.6 Å². The second kappa shape index (κ2) is 7.72. The molecule has 0 bridgehead atoms. The van der Waals surface area contributed by atoms with Crippen molar-refractivity contribution < 1.29 is 14.6 Å². The largest absolute Gasteiger partial charge is 0.497 e. The number of benzene rings is 1. The van der Waals surface area contributed by atoms with E-state index in [2.05, 4.69) is 5.92 Å². The molecule has 0 spiro atoms. The first-order chi connectivity index (χ1) is 8.26. The molecule has 1 N–H and O–H groups in total. The normalized spacial score (nSPS) is 11.8. The van der Waals surface area contributed by atoms with Crippen LogP contribution in [0.3, 0.4) is 0 Å². The number of aliphatic hydroxyl groups is 1. The average Bonchev–Trinajstić information content (AvgIpc) is 2.36. The number of terminal acetylenes is 1. The Morgan fingerprint density at radius 1 is 1.35 bits per heavy atom. The van der Waals surface area contributed by atoms with Crippen molar-refractivity contribution in [1.29, 1.82) is 0 Å². The van der Waals surface area contributed by atoms with Gasteiger partial charge in [-0.1, -0.05) is 12.1 Å². The molecule has 1 aromatic carbocycles. The molecule has 0 heterocycles. The van der Waals surface area contributed by atoms with Gasteiger partial charge in [-0.15, -0.1) is 12.3 Å². The smallest absolute Gasteiger partial charge is 0.118 e. The Morgan fingerprint density at radius 2 is 2.06 bits per heavy atom. The topological polar surface area (TPSA) is 38.7 Å².